The van der Waals surface area contributed by atoms with Crippen LogP contribution in [-0.2, 0) is 15.7 Å². The number of esters is 1. The smallest absolute Gasteiger partial charge is 0.417 e. The second-order valence-corrected chi connectivity index (χ2v) is 4.99. The van der Waals surface area contributed by atoms with Gasteiger partial charge in [0, 0.05) is 12.3 Å². The third kappa shape index (κ3) is 4.58. The summed E-state index contributed by atoms with van der Waals surface area (Å²) in [6.45, 7) is 1.34. The zero-order valence-corrected chi connectivity index (χ0v) is 13.4. The van der Waals surface area contributed by atoms with Crippen molar-refractivity contribution >= 4 is 5.97 Å². The minimum Gasteiger partial charge on any atom is -0.476 e. The van der Waals surface area contributed by atoms with Crippen molar-refractivity contribution in [2.75, 3.05) is 7.11 Å². The third-order valence-corrected chi connectivity index (χ3v) is 3.09. The van der Waals surface area contributed by atoms with Gasteiger partial charge in [-0.1, -0.05) is 0 Å². The standard InChI is InChI=1S/C16H12F5NO4/c1-8(15(23)24-2)25-13-4-3-10(6-11(13)17)26-14-12(18)5-9(7-22-14)16(19,20)21/h3-8H,1-2H3. The van der Waals surface area contributed by atoms with Gasteiger partial charge in [0.05, 0.1) is 12.7 Å². The molecule has 0 saturated carbocycles. The van der Waals surface area contributed by atoms with Crippen LogP contribution in [0.25, 0.3) is 0 Å². The Morgan fingerprint density at radius 3 is 2.38 bits per heavy atom. The van der Waals surface area contributed by atoms with Crippen LogP contribution in [0, 0.1) is 11.6 Å². The van der Waals surface area contributed by atoms with E-state index < -0.39 is 41.3 Å². The molecule has 2 aromatic rings. The van der Waals surface area contributed by atoms with Crippen LogP contribution in [0.1, 0.15) is 12.5 Å². The van der Waals surface area contributed by atoms with Crippen LogP contribution in [0.2, 0.25) is 0 Å². The summed E-state index contributed by atoms with van der Waals surface area (Å²) in [6.07, 6.45) is -5.44. The lowest BCUT2D eigenvalue weighted by Crippen LogP contribution is -2.25. The molecule has 0 aliphatic heterocycles. The van der Waals surface area contributed by atoms with E-state index >= 15 is 0 Å². The highest BCUT2D eigenvalue weighted by Crippen LogP contribution is 2.32. The zero-order chi connectivity index (χ0) is 19.5. The topological polar surface area (TPSA) is 57.7 Å². The van der Waals surface area contributed by atoms with Crippen LogP contribution in [0.3, 0.4) is 0 Å². The lowest BCUT2D eigenvalue weighted by molar-refractivity contribution is -0.148. The van der Waals surface area contributed by atoms with Gasteiger partial charge >= 0.3 is 12.1 Å². The molecule has 26 heavy (non-hydrogen) atoms. The molecule has 0 bridgehead atoms. The Morgan fingerprint density at radius 1 is 1.15 bits per heavy atom. The van der Waals surface area contributed by atoms with E-state index in [9.17, 15) is 26.7 Å². The predicted molar refractivity (Wildman–Crippen MR) is 77.8 cm³/mol. The molecule has 0 amide bonds. The number of benzene rings is 1. The summed E-state index contributed by atoms with van der Waals surface area (Å²) in [5, 5.41) is 0. The van der Waals surface area contributed by atoms with Gasteiger partial charge in [0.1, 0.15) is 5.75 Å². The van der Waals surface area contributed by atoms with E-state index in [4.69, 9.17) is 9.47 Å². The largest absolute Gasteiger partial charge is 0.476 e. The maximum absolute atomic E-state index is 14.0. The normalized spacial score (nSPS) is 12.4. The van der Waals surface area contributed by atoms with Crippen LogP contribution in [0.4, 0.5) is 22.0 Å². The Hall–Kier alpha value is -2.91. The SMILES string of the molecule is COC(=O)C(C)Oc1ccc(Oc2ncc(C(F)(F)F)cc2F)cc1F. The van der Waals surface area contributed by atoms with Crippen molar-refractivity contribution in [2.24, 2.45) is 0 Å². The highest BCUT2D eigenvalue weighted by molar-refractivity contribution is 5.74. The van der Waals surface area contributed by atoms with Crippen molar-refractivity contribution in [3.63, 3.8) is 0 Å². The molecule has 2 rings (SSSR count). The molecule has 1 heterocycles. The molecular weight excluding hydrogens is 365 g/mol. The molecule has 0 saturated heterocycles. The van der Waals surface area contributed by atoms with Crippen LogP contribution >= 0.6 is 0 Å². The molecule has 0 N–H and O–H groups in total. The summed E-state index contributed by atoms with van der Waals surface area (Å²) in [5.41, 5.74) is -1.28. The Labute approximate surface area is 144 Å². The summed E-state index contributed by atoms with van der Waals surface area (Å²) in [6, 6.07) is 3.29. The van der Waals surface area contributed by atoms with Crippen molar-refractivity contribution < 1.29 is 41.0 Å². The van der Waals surface area contributed by atoms with Gasteiger partial charge in [-0.2, -0.15) is 13.2 Å². The predicted octanol–water partition coefficient (Wildman–Crippen LogP) is 4.11. The van der Waals surface area contributed by atoms with Gasteiger partial charge in [-0.25, -0.2) is 18.6 Å². The Balaban J connectivity index is 2.16. The minimum atomic E-state index is -4.76. The second-order valence-electron chi connectivity index (χ2n) is 4.99. The molecule has 0 spiro atoms. The monoisotopic (exact) mass is 377 g/mol. The Bertz CT molecular complexity index is 810. The highest BCUT2D eigenvalue weighted by atomic mass is 19.4. The molecular formula is C16H12F5NO4. The van der Waals surface area contributed by atoms with Gasteiger partial charge in [0.15, 0.2) is 23.5 Å². The van der Waals surface area contributed by atoms with Crippen molar-refractivity contribution in [2.45, 2.75) is 19.2 Å². The molecule has 0 radical (unpaired) electrons. The van der Waals surface area contributed by atoms with Crippen LogP contribution in [0.15, 0.2) is 30.5 Å². The molecule has 140 valence electrons. The zero-order valence-electron chi connectivity index (χ0n) is 13.4. The molecule has 1 aromatic heterocycles. The van der Waals surface area contributed by atoms with E-state index in [1.54, 1.807) is 0 Å². The minimum absolute atomic E-state index is 0.216. The van der Waals surface area contributed by atoms with Crippen molar-refractivity contribution in [1.29, 1.82) is 0 Å². The molecule has 10 heteroatoms. The third-order valence-electron chi connectivity index (χ3n) is 3.09. The maximum Gasteiger partial charge on any atom is 0.417 e. The molecule has 0 aliphatic rings. The van der Waals surface area contributed by atoms with Gasteiger partial charge in [0.2, 0.25) is 0 Å². The molecule has 1 unspecified atom stereocenters. The first-order valence-electron chi connectivity index (χ1n) is 7.06. The number of carbonyl (C=O) groups is 1. The van der Waals surface area contributed by atoms with E-state index in [1.807, 2.05) is 0 Å². The summed E-state index contributed by atoms with van der Waals surface area (Å²) in [4.78, 5) is 14.5. The number of rotatable bonds is 5. The van der Waals surface area contributed by atoms with Gasteiger partial charge in [-0.05, 0) is 25.1 Å². The van der Waals surface area contributed by atoms with E-state index in [0.717, 1.165) is 19.2 Å². The number of pyridine rings is 1. The summed E-state index contributed by atoms with van der Waals surface area (Å²) in [5.74, 6) is -4.30. The van der Waals surface area contributed by atoms with E-state index in [0.29, 0.717) is 6.20 Å². The molecule has 1 atom stereocenters. The quantitative estimate of drug-likeness (QED) is 0.580. The number of carbonyl (C=O) groups excluding carboxylic acids is 1. The fourth-order valence-electron chi connectivity index (χ4n) is 1.81. The number of ether oxygens (including phenoxy) is 3. The molecule has 0 fully saturated rings. The Kier molecular flexibility index (Phi) is 5.63. The highest BCUT2D eigenvalue weighted by Gasteiger charge is 2.32. The molecule has 0 aliphatic carbocycles. The van der Waals surface area contributed by atoms with Crippen molar-refractivity contribution in [3.8, 4) is 17.4 Å². The van der Waals surface area contributed by atoms with Crippen LogP contribution in [0.5, 0.6) is 17.4 Å². The van der Waals surface area contributed by atoms with Crippen molar-refractivity contribution in [1.82, 2.24) is 4.98 Å². The fraction of sp³-hybridized carbons (Fsp3) is 0.250. The van der Waals surface area contributed by atoms with Gasteiger partial charge in [-0.3, -0.25) is 0 Å². The number of aromatic nitrogens is 1. The lowest BCUT2D eigenvalue weighted by Gasteiger charge is -2.14. The van der Waals surface area contributed by atoms with E-state index in [2.05, 4.69) is 9.72 Å². The van der Waals surface area contributed by atoms with Crippen LogP contribution in [-0.4, -0.2) is 24.2 Å². The first-order valence-corrected chi connectivity index (χ1v) is 7.06. The summed E-state index contributed by atoms with van der Waals surface area (Å²) < 4.78 is 79.5. The van der Waals surface area contributed by atoms with Gasteiger partial charge < -0.3 is 14.2 Å². The number of nitrogens with zero attached hydrogens (tertiary/aromatic N) is 1. The number of hydrogen-bond donors (Lipinski definition) is 0. The summed E-state index contributed by atoms with van der Waals surface area (Å²) in [7, 11) is 1.14. The number of alkyl halides is 3. The lowest BCUT2D eigenvalue weighted by atomic mass is 10.2. The first kappa shape index (κ1) is 19.4. The van der Waals surface area contributed by atoms with Gasteiger partial charge in [-0.15, -0.1) is 0 Å². The molecule has 5 nitrogen and oxygen atoms in total. The molecule has 1 aromatic carbocycles. The average Bonchev–Trinajstić information content (AvgIpc) is 2.57. The summed E-state index contributed by atoms with van der Waals surface area (Å²) >= 11 is 0. The maximum atomic E-state index is 14.0. The number of halogens is 5. The first-order chi connectivity index (χ1) is 12.1. The average molecular weight is 377 g/mol. The number of methoxy groups -OCH3 is 1. The van der Waals surface area contributed by atoms with Gasteiger partial charge in [0.25, 0.3) is 5.88 Å². The van der Waals surface area contributed by atoms with E-state index in [-0.39, 0.29) is 17.6 Å². The van der Waals surface area contributed by atoms with Crippen LogP contribution < -0.4 is 9.47 Å². The number of hydrogen-bond acceptors (Lipinski definition) is 5. The second kappa shape index (κ2) is 7.54. The fourth-order valence-corrected chi connectivity index (χ4v) is 1.81. The Morgan fingerprint density at radius 2 is 1.85 bits per heavy atom. The van der Waals surface area contributed by atoms with Crippen molar-refractivity contribution in [3.05, 3.63) is 47.7 Å². The van der Waals surface area contributed by atoms with E-state index in [1.165, 1.54) is 13.0 Å².